The van der Waals surface area contributed by atoms with E-state index < -0.39 is 0 Å². The lowest BCUT2D eigenvalue weighted by Crippen LogP contribution is -2.49. The van der Waals surface area contributed by atoms with Crippen molar-refractivity contribution >= 4 is 16.7 Å². The zero-order valence-corrected chi connectivity index (χ0v) is 14.1. The van der Waals surface area contributed by atoms with E-state index in [1.165, 1.54) is 23.4 Å². The summed E-state index contributed by atoms with van der Waals surface area (Å²) in [5.41, 5.74) is 1.17. The molecule has 2 aromatic carbocycles. The van der Waals surface area contributed by atoms with Crippen molar-refractivity contribution in [3.05, 3.63) is 48.0 Å². The summed E-state index contributed by atoms with van der Waals surface area (Å²) in [4.78, 5) is 14.7. The van der Waals surface area contributed by atoms with E-state index in [4.69, 9.17) is 4.74 Å². The van der Waals surface area contributed by atoms with Crippen LogP contribution in [0.1, 0.15) is 24.3 Å². The molecule has 1 N–H and O–H groups in total. The molecule has 0 saturated carbocycles. The van der Waals surface area contributed by atoms with E-state index in [9.17, 15) is 9.90 Å². The highest BCUT2D eigenvalue weighted by Crippen LogP contribution is 2.47. The van der Waals surface area contributed by atoms with Crippen LogP contribution in [0.3, 0.4) is 0 Å². The van der Waals surface area contributed by atoms with Crippen molar-refractivity contribution in [3.8, 4) is 0 Å². The summed E-state index contributed by atoms with van der Waals surface area (Å²) in [6.07, 6.45) is 1.06. The number of aliphatic hydroxyl groups excluding tert-OH is 1. The fourth-order valence-electron chi connectivity index (χ4n) is 4.73. The number of carbonyl (C=O) groups excluding carboxylic acids is 1. The third kappa shape index (κ3) is 2.33. The molecule has 2 saturated heterocycles. The molecular weight excluding hydrogens is 302 g/mol. The minimum absolute atomic E-state index is 0.0441. The lowest BCUT2D eigenvalue weighted by atomic mass is 9.76. The lowest BCUT2D eigenvalue weighted by molar-refractivity contribution is -0.150. The number of likely N-dealkylation sites (N-methyl/N-ethyl adjacent to an activating group) is 1. The molecule has 4 heteroatoms. The first-order valence-electron chi connectivity index (χ1n) is 8.56. The Kier molecular flexibility index (Phi) is 3.82. The van der Waals surface area contributed by atoms with Crippen LogP contribution >= 0.6 is 0 Å². The van der Waals surface area contributed by atoms with Gasteiger partial charge in [0.15, 0.2) is 0 Å². The van der Waals surface area contributed by atoms with Crippen LogP contribution in [-0.2, 0) is 9.53 Å². The molecule has 0 aliphatic carbocycles. The Labute approximate surface area is 142 Å². The van der Waals surface area contributed by atoms with Gasteiger partial charge in [0.2, 0.25) is 0 Å². The van der Waals surface area contributed by atoms with Gasteiger partial charge in [-0.05, 0) is 36.2 Å². The Morgan fingerprint density at radius 3 is 2.62 bits per heavy atom. The molecule has 2 aromatic rings. The van der Waals surface area contributed by atoms with Crippen molar-refractivity contribution in [1.29, 1.82) is 0 Å². The largest absolute Gasteiger partial charge is 0.469 e. The first-order valence-corrected chi connectivity index (χ1v) is 8.56. The van der Waals surface area contributed by atoms with Gasteiger partial charge in [-0.25, -0.2) is 0 Å². The average Bonchev–Trinajstić information content (AvgIpc) is 2.79. The molecule has 0 aromatic heterocycles. The van der Waals surface area contributed by atoms with Crippen molar-refractivity contribution < 1.29 is 14.6 Å². The second-order valence-corrected chi connectivity index (χ2v) is 7.10. The number of rotatable bonds is 2. The molecular formula is C20H23NO3. The average molecular weight is 325 g/mol. The molecule has 2 aliphatic heterocycles. The quantitative estimate of drug-likeness (QED) is 0.862. The van der Waals surface area contributed by atoms with E-state index >= 15 is 0 Å². The number of benzene rings is 2. The summed E-state index contributed by atoms with van der Waals surface area (Å²) in [7, 11) is 3.47. The second-order valence-electron chi connectivity index (χ2n) is 7.10. The van der Waals surface area contributed by atoms with Gasteiger partial charge in [-0.1, -0.05) is 42.5 Å². The van der Waals surface area contributed by atoms with Crippen molar-refractivity contribution in [2.24, 2.45) is 5.92 Å². The minimum atomic E-state index is -0.363. The molecule has 4 rings (SSSR count). The molecule has 2 fully saturated rings. The van der Waals surface area contributed by atoms with Gasteiger partial charge in [0.05, 0.1) is 19.1 Å². The first-order chi connectivity index (χ1) is 11.6. The molecule has 5 atom stereocenters. The normalized spacial score (nSPS) is 32.9. The van der Waals surface area contributed by atoms with E-state index in [2.05, 4.69) is 35.2 Å². The number of aliphatic hydroxyl groups is 1. The van der Waals surface area contributed by atoms with Crippen LogP contribution in [0.25, 0.3) is 10.8 Å². The van der Waals surface area contributed by atoms with Crippen molar-refractivity contribution in [3.63, 3.8) is 0 Å². The number of ether oxygens (including phenoxy) is 1. The second kappa shape index (κ2) is 5.87. The highest BCUT2D eigenvalue weighted by Gasteiger charge is 2.53. The minimum Gasteiger partial charge on any atom is -0.469 e. The molecule has 24 heavy (non-hydrogen) atoms. The van der Waals surface area contributed by atoms with Gasteiger partial charge in [0.1, 0.15) is 0 Å². The van der Waals surface area contributed by atoms with Crippen LogP contribution in [0.4, 0.5) is 0 Å². The Bertz CT molecular complexity index is 774. The molecule has 0 amide bonds. The van der Waals surface area contributed by atoms with Crippen LogP contribution in [-0.4, -0.2) is 48.3 Å². The Balaban J connectivity index is 1.77. The topological polar surface area (TPSA) is 49.8 Å². The smallest absolute Gasteiger partial charge is 0.310 e. The van der Waals surface area contributed by atoms with Crippen molar-refractivity contribution in [2.45, 2.75) is 36.9 Å². The molecule has 2 heterocycles. The predicted molar refractivity (Wildman–Crippen MR) is 92.8 cm³/mol. The van der Waals surface area contributed by atoms with Gasteiger partial charge in [-0.15, -0.1) is 0 Å². The van der Waals surface area contributed by atoms with Crippen LogP contribution < -0.4 is 0 Å². The van der Waals surface area contributed by atoms with E-state index in [1.54, 1.807) is 0 Å². The van der Waals surface area contributed by atoms with Crippen molar-refractivity contribution in [2.75, 3.05) is 14.2 Å². The van der Waals surface area contributed by atoms with Gasteiger partial charge in [-0.3, -0.25) is 9.69 Å². The maximum absolute atomic E-state index is 12.5. The molecule has 2 aliphatic rings. The van der Waals surface area contributed by atoms with Crippen LogP contribution in [0.15, 0.2) is 42.5 Å². The van der Waals surface area contributed by atoms with Crippen LogP contribution in [0, 0.1) is 5.92 Å². The molecule has 4 nitrogen and oxygen atoms in total. The third-order valence-corrected chi connectivity index (χ3v) is 5.99. The molecule has 0 spiro atoms. The van der Waals surface area contributed by atoms with Gasteiger partial charge in [0, 0.05) is 18.0 Å². The summed E-state index contributed by atoms with van der Waals surface area (Å²) < 4.78 is 5.12. The Morgan fingerprint density at radius 2 is 1.88 bits per heavy atom. The zero-order chi connectivity index (χ0) is 16.8. The highest BCUT2D eigenvalue weighted by atomic mass is 16.5. The number of hydrogen-bond acceptors (Lipinski definition) is 4. The number of piperidine rings is 1. The first kappa shape index (κ1) is 15.6. The van der Waals surface area contributed by atoms with Crippen LogP contribution in [0.2, 0.25) is 0 Å². The molecule has 0 radical (unpaired) electrons. The van der Waals surface area contributed by atoms with Crippen molar-refractivity contribution in [1.82, 2.24) is 4.90 Å². The van der Waals surface area contributed by atoms with Crippen LogP contribution in [0.5, 0.6) is 0 Å². The fraction of sp³-hybridized carbons (Fsp3) is 0.450. The van der Waals surface area contributed by atoms with Gasteiger partial charge >= 0.3 is 5.97 Å². The maximum Gasteiger partial charge on any atom is 0.310 e. The molecule has 0 unspecified atom stereocenters. The SMILES string of the molecule is COC(=O)[C@H]1[C@@H](c2ccc3ccccc3c2)C[C@H]2[C@@H](O)C[C@H]1N2C. The van der Waals surface area contributed by atoms with Gasteiger partial charge < -0.3 is 9.84 Å². The number of fused-ring (bicyclic) bond motifs is 3. The molecule has 2 bridgehead atoms. The maximum atomic E-state index is 12.5. The number of nitrogens with zero attached hydrogens (tertiary/aromatic N) is 1. The predicted octanol–water partition coefficient (Wildman–Crippen LogP) is 2.55. The zero-order valence-electron chi connectivity index (χ0n) is 14.1. The van der Waals surface area contributed by atoms with E-state index in [0.717, 1.165) is 6.42 Å². The third-order valence-electron chi connectivity index (χ3n) is 5.99. The monoisotopic (exact) mass is 325 g/mol. The number of hydrogen-bond donors (Lipinski definition) is 1. The number of carbonyl (C=O) groups is 1. The van der Waals surface area contributed by atoms with Gasteiger partial charge in [0.25, 0.3) is 0 Å². The van der Waals surface area contributed by atoms with Gasteiger partial charge in [-0.2, -0.15) is 0 Å². The summed E-state index contributed by atoms with van der Waals surface area (Å²) in [6.45, 7) is 0. The van der Waals surface area contributed by atoms with E-state index in [1.807, 2.05) is 19.2 Å². The highest BCUT2D eigenvalue weighted by molar-refractivity contribution is 5.83. The summed E-state index contributed by atoms with van der Waals surface area (Å²) in [5.74, 6) is -0.308. The standard InChI is InChI=1S/C20H23NO3/c1-21-16-10-15(19(20(23)24-2)17(21)11-18(16)22)14-8-7-12-5-3-4-6-13(12)9-14/h3-9,15-19,22H,10-11H2,1-2H3/t15-,16+,17-,18+,19+/m1/s1. The summed E-state index contributed by atoms with van der Waals surface area (Å²) in [6, 6.07) is 14.9. The summed E-state index contributed by atoms with van der Waals surface area (Å²) >= 11 is 0. The van der Waals surface area contributed by atoms with E-state index in [-0.39, 0.29) is 36.0 Å². The Hall–Kier alpha value is -1.91. The Morgan fingerprint density at radius 1 is 1.12 bits per heavy atom. The lowest BCUT2D eigenvalue weighted by Gasteiger charge is -2.41. The summed E-state index contributed by atoms with van der Waals surface area (Å²) in [5, 5.41) is 12.8. The molecule has 126 valence electrons. The fourth-order valence-corrected chi connectivity index (χ4v) is 4.73. The number of esters is 1. The number of methoxy groups -OCH3 is 1. The van der Waals surface area contributed by atoms with E-state index in [0.29, 0.717) is 6.42 Å².